The number of aromatic nitrogens is 1. The van der Waals surface area contributed by atoms with Crippen LogP contribution >= 0.6 is 0 Å². The first-order valence-electron chi connectivity index (χ1n) is 8.13. The Bertz CT molecular complexity index is 538. The van der Waals surface area contributed by atoms with Gasteiger partial charge in [0, 0.05) is 17.3 Å². The van der Waals surface area contributed by atoms with Crippen molar-refractivity contribution in [1.29, 1.82) is 0 Å². The number of carbonyl (C=O) groups is 1. The lowest BCUT2D eigenvalue weighted by atomic mass is 9.48. The average Bonchev–Trinajstić information content (AvgIpc) is 2.97. The molecule has 21 heavy (non-hydrogen) atoms. The van der Waals surface area contributed by atoms with Crippen molar-refractivity contribution in [3.8, 4) is 0 Å². The van der Waals surface area contributed by atoms with E-state index < -0.39 is 0 Å². The zero-order valence-electron chi connectivity index (χ0n) is 12.6. The fourth-order valence-corrected chi connectivity index (χ4v) is 5.34. The van der Waals surface area contributed by atoms with Gasteiger partial charge in [0.15, 0.2) is 0 Å². The molecule has 4 nitrogen and oxygen atoms in total. The lowest BCUT2D eigenvalue weighted by Crippen LogP contribution is -2.49. The molecule has 0 radical (unpaired) electrons. The Kier molecular flexibility index (Phi) is 2.95. The summed E-state index contributed by atoms with van der Waals surface area (Å²) in [5, 5.41) is 4.47. The molecule has 4 aliphatic carbocycles. The summed E-state index contributed by atoms with van der Waals surface area (Å²) >= 11 is 0. The minimum Gasteiger partial charge on any atom is -0.357 e. The van der Waals surface area contributed by atoms with E-state index in [9.17, 15) is 4.79 Å². The predicted molar refractivity (Wildman–Crippen MR) is 82.0 cm³/mol. The number of nitrogens with zero attached hydrogens (tertiary/aromatic N) is 1. The highest BCUT2D eigenvalue weighted by Crippen LogP contribution is 2.60. The van der Waals surface area contributed by atoms with Crippen LogP contribution in [0.25, 0.3) is 0 Å². The van der Waals surface area contributed by atoms with E-state index in [2.05, 4.69) is 22.4 Å². The first-order chi connectivity index (χ1) is 10.1. The SMILES string of the molecule is C/C(=N/NC(=O)c1ccc[nH]1)C12CC3CC(CC(C3)C1)C2. The number of hydrazone groups is 1. The van der Waals surface area contributed by atoms with E-state index in [1.54, 1.807) is 12.3 Å². The van der Waals surface area contributed by atoms with Crippen LogP contribution in [0.2, 0.25) is 0 Å². The van der Waals surface area contributed by atoms with Crippen LogP contribution in [-0.4, -0.2) is 16.6 Å². The van der Waals surface area contributed by atoms with Crippen molar-refractivity contribution in [1.82, 2.24) is 10.4 Å². The smallest absolute Gasteiger partial charge is 0.287 e. The first-order valence-corrected chi connectivity index (χ1v) is 8.13. The average molecular weight is 285 g/mol. The highest BCUT2D eigenvalue weighted by atomic mass is 16.2. The fraction of sp³-hybridized carbons (Fsp3) is 0.647. The molecule has 4 heteroatoms. The van der Waals surface area contributed by atoms with Crippen molar-refractivity contribution < 1.29 is 4.79 Å². The molecule has 4 aliphatic rings. The molecule has 1 amide bonds. The Morgan fingerprint density at radius 1 is 1.24 bits per heavy atom. The van der Waals surface area contributed by atoms with Gasteiger partial charge in [-0.1, -0.05) is 0 Å². The maximum Gasteiger partial charge on any atom is 0.287 e. The third-order valence-electron chi connectivity index (χ3n) is 5.97. The molecule has 4 saturated carbocycles. The molecule has 4 bridgehead atoms. The molecule has 0 atom stereocenters. The molecule has 4 fully saturated rings. The van der Waals surface area contributed by atoms with E-state index in [1.165, 1.54) is 38.5 Å². The summed E-state index contributed by atoms with van der Waals surface area (Å²) in [6.07, 6.45) is 9.90. The maximum atomic E-state index is 12.0. The molecule has 0 aromatic carbocycles. The van der Waals surface area contributed by atoms with Gasteiger partial charge >= 0.3 is 0 Å². The van der Waals surface area contributed by atoms with E-state index in [0.717, 1.165) is 23.5 Å². The van der Waals surface area contributed by atoms with Gasteiger partial charge in [-0.2, -0.15) is 5.10 Å². The second kappa shape index (κ2) is 4.72. The number of rotatable bonds is 3. The largest absolute Gasteiger partial charge is 0.357 e. The number of nitrogens with one attached hydrogen (secondary N) is 2. The molecule has 0 saturated heterocycles. The first kappa shape index (κ1) is 13.1. The summed E-state index contributed by atoms with van der Waals surface area (Å²) in [5.74, 6) is 2.56. The van der Waals surface area contributed by atoms with Crippen molar-refractivity contribution in [2.75, 3.05) is 0 Å². The van der Waals surface area contributed by atoms with Crippen LogP contribution in [0, 0.1) is 23.2 Å². The zero-order valence-corrected chi connectivity index (χ0v) is 12.6. The number of carbonyl (C=O) groups excluding carboxylic acids is 1. The summed E-state index contributed by atoms with van der Waals surface area (Å²) in [7, 11) is 0. The van der Waals surface area contributed by atoms with Crippen LogP contribution in [0.3, 0.4) is 0 Å². The van der Waals surface area contributed by atoms with Crippen LogP contribution in [0.5, 0.6) is 0 Å². The molecule has 0 spiro atoms. The topological polar surface area (TPSA) is 57.2 Å². The molecule has 1 heterocycles. The van der Waals surface area contributed by atoms with Crippen molar-refractivity contribution in [3.05, 3.63) is 24.0 Å². The van der Waals surface area contributed by atoms with Crippen molar-refractivity contribution in [2.24, 2.45) is 28.3 Å². The van der Waals surface area contributed by atoms with Gasteiger partial charge in [-0.15, -0.1) is 0 Å². The van der Waals surface area contributed by atoms with Gasteiger partial charge in [0.05, 0.1) is 0 Å². The Labute approximate surface area is 125 Å². The Balaban J connectivity index is 1.50. The van der Waals surface area contributed by atoms with Gasteiger partial charge in [0.2, 0.25) is 0 Å². The standard InChI is InChI=1S/C17H23N3O/c1-11(19-20-16(21)15-3-2-4-18-15)17-8-12-5-13(9-17)7-14(6-12)10-17/h2-4,12-14,18H,5-10H2,1H3,(H,20,21)/b19-11-. The lowest BCUT2D eigenvalue weighted by molar-refractivity contribution is -0.0128. The quantitative estimate of drug-likeness (QED) is 0.649. The Morgan fingerprint density at radius 3 is 2.38 bits per heavy atom. The summed E-state index contributed by atoms with van der Waals surface area (Å²) in [6.45, 7) is 2.11. The minimum absolute atomic E-state index is 0.149. The summed E-state index contributed by atoms with van der Waals surface area (Å²) in [5.41, 5.74) is 4.71. The van der Waals surface area contributed by atoms with E-state index in [4.69, 9.17) is 0 Å². The van der Waals surface area contributed by atoms with Crippen molar-refractivity contribution >= 4 is 11.6 Å². The minimum atomic E-state index is -0.149. The predicted octanol–water partition coefficient (Wildman–Crippen LogP) is 3.34. The molecule has 1 aromatic heterocycles. The molecule has 0 aliphatic heterocycles. The molecular weight excluding hydrogens is 262 g/mol. The van der Waals surface area contributed by atoms with E-state index >= 15 is 0 Å². The van der Waals surface area contributed by atoms with E-state index in [0.29, 0.717) is 5.69 Å². The molecule has 1 aromatic rings. The van der Waals surface area contributed by atoms with Crippen molar-refractivity contribution in [3.63, 3.8) is 0 Å². The van der Waals surface area contributed by atoms with Gasteiger partial charge < -0.3 is 4.98 Å². The summed E-state index contributed by atoms with van der Waals surface area (Å²) in [4.78, 5) is 14.9. The van der Waals surface area contributed by atoms with E-state index in [1.807, 2.05) is 6.07 Å². The van der Waals surface area contributed by atoms with Gasteiger partial charge in [-0.25, -0.2) is 5.43 Å². The maximum absolute atomic E-state index is 12.0. The van der Waals surface area contributed by atoms with Gasteiger partial charge in [0.1, 0.15) is 5.69 Å². The number of aromatic amines is 1. The number of amides is 1. The van der Waals surface area contributed by atoms with Gasteiger partial charge in [-0.05, 0) is 75.3 Å². The van der Waals surface area contributed by atoms with Crippen LogP contribution in [0.4, 0.5) is 0 Å². The van der Waals surface area contributed by atoms with Crippen LogP contribution in [0.15, 0.2) is 23.4 Å². The van der Waals surface area contributed by atoms with Gasteiger partial charge in [-0.3, -0.25) is 4.79 Å². The highest BCUT2D eigenvalue weighted by molar-refractivity contribution is 5.94. The Hall–Kier alpha value is -1.58. The summed E-state index contributed by atoms with van der Waals surface area (Å²) in [6, 6.07) is 3.59. The number of H-pyrrole nitrogens is 1. The molecule has 112 valence electrons. The fourth-order valence-electron chi connectivity index (χ4n) is 5.34. The van der Waals surface area contributed by atoms with Crippen LogP contribution in [0.1, 0.15) is 55.9 Å². The molecule has 2 N–H and O–H groups in total. The second-order valence-electron chi connectivity index (χ2n) is 7.42. The monoisotopic (exact) mass is 285 g/mol. The number of hydrogen-bond donors (Lipinski definition) is 2. The normalized spacial score (nSPS) is 37.8. The second-order valence-corrected chi connectivity index (χ2v) is 7.42. The van der Waals surface area contributed by atoms with E-state index in [-0.39, 0.29) is 11.3 Å². The summed E-state index contributed by atoms with van der Waals surface area (Å²) < 4.78 is 0. The third-order valence-corrected chi connectivity index (χ3v) is 5.97. The molecule has 0 unspecified atom stereocenters. The third kappa shape index (κ3) is 2.21. The van der Waals surface area contributed by atoms with Crippen LogP contribution in [-0.2, 0) is 0 Å². The highest BCUT2D eigenvalue weighted by Gasteiger charge is 2.52. The molecule has 5 rings (SSSR count). The Morgan fingerprint density at radius 2 is 1.86 bits per heavy atom. The lowest BCUT2D eigenvalue weighted by Gasteiger charge is -2.56. The molecular formula is C17H23N3O. The number of hydrogen-bond acceptors (Lipinski definition) is 2. The zero-order chi connectivity index (χ0) is 14.4. The van der Waals surface area contributed by atoms with Crippen molar-refractivity contribution in [2.45, 2.75) is 45.4 Å². The van der Waals surface area contributed by atoms with Crippen LogP contribution < -0.4 is 5.43 Å². The van der Waals surface area contributed by atoms with Gasteiger partial charge in [0.25, 0.3) is 5.91 Å².